The summed E-state index contributed by atoms with van der Waals surface area (Å²) in [5.41, 5.74) is 0.375. The second-order valence-corrected chi connectivity index (χ2v) is 8.74. The number of thioether (sulfide) groups is 1. The number of hydrogen-bond donors (Lipinski definition) is 2. The van der Waals surface area contributed by atoms with Gasteiger partial charge in [-0.05, 0) is 31.0 Å². The van der Waals surface area contributed by atoms with Crippen LogP contribution in [0.2, 0.25) is 0 Å². The van der Waals surface area contributed by atoms with Crippen LogP contribution in [0.5, 0.6) is 0 Å². The Kier molecular flexibility index (Phi) is 6.50. The highest BCUT2D eigenvalue weighted by atomic mass is 32.2. The topological polar surface area (TPSA) is 83.5 Å². The Balaban J connectivity index is 1.88. The zero-order chi connectivity index (χ0) is 16.9. The Morgan fingerprint density at radius 2 is 2.04 bits per heavy atom. The number of amides is 1. The lowest BCUT2D eigenvalue weighted by Crippen LogP contribution is -2.23. The van der Waals surface area contributed by atoms with Crippen molar-refractivity contribution in [1.29, 1.82) is 0 Å². The van der Waals surface area contributed by atoms with Gasteiger partial charge in [-0.15, -0.1) is 0 Å². The van der Waals surface area contributed by atoms with Crippen LogP contribution in [0.15, 0.2) is 29.2 Å². The van der Waals surface area contributed by atoms with E-state index in [0.717, 1.165) is 5.75 Å². The van der Waals surface area contributed by atoms with Gasteiger partial charge in [0.05, 0.1) is 4.90 Å². The fraction of sp³-hybridized carbons (Fsp3) is 0.562. The number of rotatable bonds is 6. The quantitative estimate of drug-likeness (QED) is 0.760. The van der Waals surface area contributed by atoms with E-state index in [9.17, 15) is 13.2 Å². The molecule has 0 aromatic heterocycles. The highest BCUT2D eigenvalue weighted by Gasteiger charge is 2.19. The molecule has 1 aromatic rings. The molecule has 2 N–H and O–H groups in total. The molecule has 1 fully saturated rings. The molecule has 1 atom stereocenters. The van der Waals surface area contributed by atoms with E-state index in [1.807, 2.05) is 18.7 Å². The number of hydrogen-bond acceptors (Lipinski definition) is 4. The monoisotopic (exact) mass is 357 g/mol. The van der Waals surface area contributed by atoms with E-state index in [-0.39, 0.29) is 16.7 Å². The molecule has 1 saturated carbocycles. The summed E-state index contributed by atoms with van der Waals surface area (Å²) in [5, 5.41) is 3.37. The Bertz CT molecular complexity index is 639. The Morgan fingerprint density at radius 1 is 1.35 bits per heavy atom. The molecule has 5 nitrogen and oxygen atoms in total. The van der Waals surface area contributed by atoms with Crippen molar-refractivity contribution in [2.24, 2.45) is 5.92 Å². The van der Waals surface area contributed by atoms with Crippen molar-refractivity contribution in [2.75, 3.05) is 11.1 Å². The van der Waals surface area contributed by atoms with Crippen molar-refractivity contribution in [1.82, 2.24) is 0 Å². The number of nitrogens with one attached hydrogen (secondary N) is 1. The molecule has 0 radical (unpaired) electrons. The van der Waals surface area contributed by atoms with Gasteiger partial charge in [0.15, 0.2) is 0 Å². The molecule has 23 heavy (non-hydrogen) atoms. The molecule has 0 spiro atoms. The van der Waals surface area contributed by atoms with Gasteiger partial charge in [-0.3, -0.25) is 9.35 Å². The third kappa shape index (κ3) is 5.82. The maximum Gasteiger partial charge on any atom is 0.294 e. The van der Waals surface area contributed by atoms with Crippen molar-refractivity contribution in [3.05, 3.63) is 24.3 Å². The fourth-order valence-corrected chi connectivity index (χ4v) is 4.49. The van der Waals surface area contributed by atoms with Gasteiger partial charge in [-0.2, -0.15) is 20.2 Å². The van der Waals surface area contributed by atoms with Crippen LogP contribution < -0.4 is 5.32 Å². The van der Waals surface area contributed by atoms with Crippen LogP contribution in [0, 0.1) is 5.92 Å². The van der Waals surface area contributed by atoms with Gasteiger partial charge in [0, 0.05) is 22.6 Å². The summed E-state index contributed by atoms with van der Waals surface area (Å²) >= 11 is 1.86. The number of benzene rings is 1. The first-order valence-electron chi connectivity index (χ1n) is 7.86. The SMILES string of the molecule is CC(CSC1CCCCC1)C(=O)Nc1cccc(S(=O)(=O)O)c1. The van der Waals surface area contributed by atoms with Gasteiger partial charge >= 0.3 is 0 Å². The molecule has 1 aliphatic rings. The molecule has 7 heteroatoms. The van der Waals surface area contributed by atoms with E-state index in [2.05, 4.69) is 5.32 Å². The first kappa shape index (κ1) is 18.3. The second kappa shape index (κ2) is 8.17. The third-order valence-electron chi connectivity index (χ3n) is 3.98. The molecular formula is C16H23NO4S2. The summed E-state index contributed by atoms with van der Waals surface area (Å²) in [6.07, 6.45) is 6.34. The van der Waals surface area contributed by atoms with Crippen LogP contribution >= 0.6 is 11.8 Å². The summed E-state index contributed by atoms with van der Waals surface area (Å²) < 4.78 is 31.3. The molecule has 0 aliphatic heterocycles. The first-order valence-corrected chi connectivity index (χ1v) is 10.3. The molecule has 1 unspecified atom stereocenters. The normalized spacial score (nSPS) is 17.7. The predicted molar refractivity (Wildman–Crippen MR) is 93.4 cm³/mol. The lowest BCUT2D eigenvalue weighted by molar-refractivity contribution is -0.118. The predicted octanol–water partition coefficient (Wildman–Crippen LogP) is 3.57. The maximum absolute atomic E-state index is 12.2. The van der Waals surface area contributed by atoms with Gasteiger partial charge in [0.2, 0.25) is 5.91 Å². The van der Waals surface area contributed by atoms with Crippen molar-refractivity contribution >= 4 is 33.5 Å². The van der Waals surface area contributed by atoms with Crippen molar-refractivity contribution < 1.29 is 17.8 Å². The van der Waals surface area contributed by atoms with Crippen molar-refractivity contribution in [2.45, 2.75) is 49.2 Å². The van der Waals surface area contributed by atoms with Crippen molar-refractivity contribution in [3.63, 3.8) is 0 Å². The summed E-state index contributed by atoms with van der Waals surface area (Å²) in [6, 6.07) is 5.63. The van der Waals surface area contributed by atoms with Crippen LogP contribution in [0.3, 0.4) is 0 Å². The van der Waals surface area contributed by atoms with E-state index in [0.29, 0.717) is 10.9 Å². The maximum atomic E-state index is 12.2. The van der Waals surface area contributed by atoms with Crippen LogP contribution in [-0.4, -0.2) is 29.9 Å². The lowest BCUT2D eigenvalue weighted by Gasteiger charge is -2.22. The third-order valence-corrected chi connectivity index (χ3v) is 6.47. The average molecular weight is 357 g/mol. The minimum atomic E-state index is -4.26. The molecular weight excluding hydrogens is 334 g/mol. The Hall–Kier alpha value is -1.05. The smallest absolute Gasteiger partial charge is 0.294 e. The zero-order valence-corrected chi connectivity index (χ0v) is 14.8. The molecule has 1 aromatic carbocycles. The standard InChI is InChI=1S/C16H23NO4S2/c1-12(11-22-14-7-3-2-4-8-14)16(18)17-13-6-5-9-15(10-13)23(19,20)21/h5-6,9-10,12,14H,2-4,7-8,11H2,1H3,(H,17,18)(H,19,20,21). The summed E-state index contributed by atoms with van der Waals surface area (Å²) in [4.78, 5) is 12.0. The summed E-state index contributed by atoms with van der Waals surface area (Å²) in [5.74, 6) is 0.464. The van der Waals surface area contributed by atoms with Crippen LogP contribution in [0.25, 0.3) is 0 Å². The van der Waals surface area contributed by atoms with Gasteiger partial charge in [-0.1, -0.05) is 32.3 Å². The zero-order valence-electron chi connectivity index (χ0n) is 13.2. The molecule has 128 valence electrons. The van der Waals surface area contributed by atoms with Gasteiger partial charge in [-0.25, -0.2) is 0 Å². The molecule has 0 heterocycles. The minimum absolute atomic E-state index is 0.138. The number of anilines is 1. The lowest BCUT2D eigenvalue weighted by atomic mass is 10.0. The first-order chi connectivity index (χ1) is 10.9. The van der Waals surface area contributed by atoms with E-state index in [1.54, 1.807) is 6.07 Å². The molecule has 2 rings (SSSR count). The fourth-order valence-electron chi connectivity index (χ4n) is 2.59. The van der Waals surface area contributed by atoms with E-state index in [4.69, 9.17) is 4.55 Å². The molecule has 0 bridgehead atoms. The summed E-state index contributed by atoms with van der Waals surface area (Å²) in [6.45, 7) is 1.87. The minimum Gasteiger partial charge on any atom is -0.326 e. The van der Waals surface area contributed by atoms with Crippen molar-refractivity contribution in [3.8, 4) is 0 Å². The van der Waals surface area contributed by atoms with Gasteiger partial charge in [0.25, 0.3) is 10.1 Å². The number of carbonyl (C=O) groups is 1. The second-order valence-electron chi connectivity index (χ2n) is 5.99. The van der Waals surface area contributed by atoms with E-state index < -0.39 is 10.1 Å². The number of carbonyl (C=O) groups excluding carboxylic acids is 1. The molecule has 1 aliphatic carbocycles. The van der Waals surface area contributed by atoms with E-state index in [1.165, 1.54) is 50.3 Å². The highest BCUT2D eigenvalue weighted by Crippen LogP contribution is 2.29. The van der Waals surface area contributed by atoms with E-state index >= 15 is 0 Å². The largest absolute Gasteiger partial charge is 0.326 e. The molecule has 0 saturated heterocycles. The van der Waals surface area contributed by atoms with Gasteiger partial charge < -0.3 is 5.32 Å². The van der Waals surface area contributed by atoms with Crippen LogP contribution in [-0.2, 0) is 14.9 Å². The van der Waals surface area contributed by atoms with Crippen LogP contribution in [0.1, 0.15) is 39.0 Å². The summed E-state index contributed by atoms with van der Waals surface area (Å²) in [7, 11) is -4.26. The Morgan fingerprint density at radius 3 is 2.70 bits per heavy atom. The average Bonchev–Trinajstić information content (AvgIpc) is 2.53. The Labute approximate surface area is 142 Å². The van der Waals surface area contributed by atoms with Gasteiger partial charge in [0.1, 0.15) is 0 Å². The highest BCUT2D eigenvalue weighted by molar-refractivity contribution is 7.99. The molecule has 1 amide bonds. The van der Waals surface area contributed by atoms with Crippen LogP contribution in [0.4, 0.5) is 5.69 Å².